The Hall–Kier alpha value is -2.03. The Kier molecular flexibility index (Phi) is 2.49. The maximum absolute atomic E-state index is 9.81. The van der Waals surface area contributed by atoms with Crippen LogP contribution in [0.1, 0.15) is 12.6 Å². The van der Waals surface area contributed by atoms with Crippen molar-refractivity contribution in [1.82, 2.24) is 23.9 Å². The fourth-order valence-electron chi connectivity index (χ4n) is 2.61. The van der Waals surface area contributed by atoms with Crippen LogP contribution in [0.4, 0.5) is 0 Å². The van der Waals surface area contributed by atoms with Gasteiger partial charge in [-0.2, -0.15) is 0 Å². The second-order valence-electron chi connectivity index (χ2n) is 4.84. The largest absolute Gasteiger partial charge is 0.394 e. The minimum absolute atomic E-state index is 0.206. The molecule has 20 heavy (non-hydrogen) atoms. The Labute approximate surface area is 113 Å². The van der Waals surface area contributed by atoms with Crippen molar-refractivity contribution in [3.05, 3.63) is 25.0 Å². The van der Waals surface area contributed by atoms with Crippen LogP contribution in [0.5, 0.6) is 0 Å². The molecule has 0 bridgehead atoms. The molecule has 4 heterocycles. The second kappa shape index (κ2) is 4.23. The van der Waals surface area contributed by atoms with Crippen LogP contribution in [-0.2, 0) is 4.74 Å². The summed E-state index contributed by atoms with van der Waals surface area (Å²) in [6.07, 6.45) is 5.56. The lowest BCUT2D eigenvalue weighted by Crippen LogP contribution is -2.24. The molecule has 8 nitrogen and oxygen atoms in total. The molecule has 0 amide bonds. The van der Waals surface area contributed by atoms with Gasteiger partial charge in [-0.25, -0.2) is 15.0 Å². The molecular weight excluding hydrogens is 262 g/mol. The smallest absolute Gasteiger partial charge is 0.167 e. The maximum Gasteiger partial charge on any atom is 0.167 e. The Morgan fingerprint density at radius 3 is 2.95 bits per heavy atom. The SMILES string of the molecule is OC[C@@H]1O[C@H](n2cnc3c2ncn2ccnc32)C[C@@H]1O. The molecule has 8 heteroatoms. The number of aliphatic hydroxyl groups excluding tert-OH is 2. The number of aliphatic hydroxyl groups is 2. The molecule has 1 aliphatic rings. The molecule has 1 fully saturated rings. The van der Waals surface area contributed by atoms with Gasteiger partial charge in [0.05, 0.1) is 19.0 Å². The van der Waals surface area contributed by atoms with Gasteiger partial charge < -0.3 is 14.9 Å². The van der Waals surface area contributed by atoms with Crippen molar-refractivity contribution in [2.45, 2.75) is 24.9 Å². The predicted molar refractivity (Wildman–Crippen MR) is 67.9 cm³/mol. The second-order valence-corrected chi connectivity index (χ2v) is 4.84. The van der Waals surface area contributed by atoms with Gasteiger partial charge in [-0.1, -0.05) is 0 Å². The zero-order valence-corrected chi connectivity index (χ0v) is 10.5. The average molecular weight is 275 g/mol. The fourth-order valence-corrected chi connectivity index (χ4v) is 2.61. The van der Waals surface area contributed by atoms with Gasteiger partial charge in [0.15, 0.2) is 16.8 Å². The summed E-state index contributed by atoms with van der Waals surface area (Å²) in [5.74, 6) is 0. The summed E-state index contributed by atoms with van der Waals surface area (Å²) < 4.78 is 9.18. The number of imidazole rings is 2. The standard InChI is InChI=1S/C12H13N5O3/c18-4-8-7(19)3-9(20-8)17-6-14-10-11-13-1-2-16(11)5-15-12(10)17/h1-2,5-9,18-19H,3-4H2/t7-,8-,9-/m0/s1. The number of aromatic nitrogens is 5. The van der Waals surface area contributed by atoms with Crippen molar-refractivity contribution in [2.24, 2.45) is 0 Å². The van der Waals surface area contributed by atoms with Gasteiger partial charge in [0, 0.05) is 18.8 Å². The summed E-state index contributed by atoms with van der Waals surface area (Å²) in [5, 5.41) is 19.0. The normalized spacial score (nSPS) is 26.8. The summed E-state index contributed by atoms with van der Waals surface area (Å²) >= 11 is 0. The highest BCUT2D eigenvalue weighted by atomic mass is 16.5. The average Bonchev–Trinajstić information content (AvgIpc) is 3.13. The molecule has 3 aromatic heterocycles. The number of ether oxygens (including phenoxy) is 1. The predicted octanol–water partition coefficient (Wildman–Crippen LogP) is -0.280. The molecule has 1 saturated heterocycles. The molecule has 0 aromatic carbocycles. The van der Waals surface area contributed by atoms with E-state index in [-0.39, 0.29) is 12.8 Å². The zero-order valence-electron chi connectivity index (χ0n) is 10.5. The van der Waals surface area contributed by atoms with Gasteiger partial charge in [0.25, 0.3) is 0 Å². The van der Waals surface area contributed by atoms with Crippen LogP contribution in [-0.4, -0.2) is 52.9 Å². The molecule has 1 aliphatic heterocycles. The molecule has 3 atom stereocenters. The zero-order chi connectivity index (χ0) is 13.7. The van der Waals surface area contributed by atoms with Crippen LogP contribution in [0.3, 0.4) is 0 Å². The van der Waals surface area contributed by atoms with Gasteiger partial charge in [-0.05, 0) is 0 Å². The lowest BCUT2D eigenvalue weighted by molar-refractivity contribution is -0.0432. The third-order valence-electron chi connectivity index (χ3n) is 3.65. The molecule has 2 N–H and O–H groups in total. The number of hydrogen-bond donors (Lipinski definition) is 2. The Morgan fingerprint density at radius 1 is 1.25 bits per heavy atom. The molecular formula is C12H13N5O3. The van der Waals surface area contributed by atoms with E-state index in [9.17, 15) is 5.11 Å². The van der Waals surface area contributed by atoms with Crippen LogP contribution < -0.4 is 0 Å². The lowest BCUT2D eigenvalue weighted by Gasteiger charge is -2.13. The monoisotopic (exact) mass is 275 g/mol. The van der Waals surface area contributed by atoms with Gasteiger partial charge in [-0.15, -0.1) is 0 Å². The van der Waals surface area contributed by atoms with Gasteiger partial charge in [-0.3, -0.25) is 8.97 Å². The fraction of sp³-hybridized carbons (Fsp3) is 0.417. The summed E-state index contributed by atoms with van der Waals surface area (Å²) in [6.45, 7) is -0.206. The highest BCUT2D eigenvalue weighted by Crippen LogP contribution is 2.30. The van der Waals surface area contributed by atoms with Crippen molar-refractivity contribution in [3.63, 3.8) is 0 Å². The minimum Gasteiger partial charge on any atom is -0.394 e. The van der Waals surface area contributed by atoms with E-state index in [0.29, 0.717) is 17.6 Å². The van der Waals surface area contributed by atoms with Crippen LogP contribution in [0.15, 0.2) is 25.0 Å². The van der Waals surface area contributed by atoms with Crippen molar-refractivity contribution >= 4 is 16.8 Å². The summed E-state index contributed by atoms with van der Waals surface area (Å²) in [6, 6.07) is 0. The quantitative estimate of drug-likeness (QED) is 0.667. The van der Waals surface area contributed by atoms with E-state index < -0.39 is 12.2 Å². The van der Waals surface area contributed by atoms with Crippen LogP contribution in [0.2, 0.25) is 0 Å². The molecule has 0 saturated carbocycles. The molecule has 4 rings (SSSR count). The van der Waals surface area contributed by atoms with Crippen LogP contribution in [0, 0.1) is 0 Å². The highest BCUT2D eigenvalue weighted by Gasteiger charge is 2.35. The first-order valence-corrected chi connectivity index (χ1v) is 6.36. The van der Waals surface area contributed by atoms with Crippen molar-refractivity contribution in [2.75, 3.05) is 6.61 Å². The van der Waals surface area contributed by atoms with Gasteiger partial charge >= 0.3 is 0 Å². The number of hydrogen-bond acceptors (Lipinski definition) is 6. The van der Waals surface area contributed by atoms with E-state index in [1.54, 1.807) is 34.0 Å². The Balaban J connectivity index is 1.81. The van der Waals surface area contributed by atoms with Crippen molar-refractivity contribution in [1.29, 1.82) is 0 Å². The first-order chi connectivity index (χ1) is 9.78. The van der Waals surface area contributed by atoms with E-state index in [1.165, 1.54) is 0 Å². The number of nitrogens with zero attached hydrogens (tertiary/aromatic N) is 5. The molecule has 0 unspecified atom stereocenters. The van der Waals surface area contributed by atoms with E-state index >= 15 is 0 Å². The molecule has 104 valence electrons. The van der Waals surface area contributed by atoms with Crippen LogP contribution >= 0.6 is 0 Å². The van der Waals surface area contributed by atoms with Crippen molar-refractivity contribution in [3.8, 4) is 0 Å². The first kappa shape index (κ1) is 11.8. The van der Waals surface area contributed by atoms with Gasteiger partial charge in [0.1, 0.15) is 18.7 Å². The van der Waals surface area contributed by atoms with E-state index in [1.807, 2.05) is 0 Å². The number of fused-ring (bicyclic) bond motifs is 3. The maximum atomic E-state index is 9.81. The first-order valence-electron chi connectivity index (χ1n) is 6.36. The van der Waals surface area contributed by atoms with E-state index in [0.717, 1.165) is 5.65 Å². The van der Waals surface area contributed by atoms with E-state index in [4.69, 9.17) is 9.84 Å². The summed E-state index contributed by atoms with van der Waals surface area (Å²) in [4.78, 5) is 12.9. The topological polar surface area (TPSA) is 97.7 Å². The number of rotatable bonds is 2. The Bertz CT molecular complexity index is 767. The van der Waals surface area contributed by atoms with Crippen LogP contribution in [0.25, 0.3) is 16.8 Å². The van der Waals surface area contributed by atoms with Gasteiger partial charge in [0.2, 0.25) is 0 Å². The third kappa shape index (κ3) is 1.56. The minimum atomic E-state index is -0.683. The molecule has 3 aromatic rings. The summed E-state index contributed by atoms with van der Waals surface area (Å²) in [5.41, 5.74) is 2.06. The van der Waals surface area contributed by atoms with Crippen molar-refractivity contribution < 1.29 is 14.9 Å². The lowest BCUT2D eigenvalue weighted by atomic mass is 10.2. The molecule has 0 spiro atoms. The molecule has 0 aliphatic carbocycles. The third-order valence-corrected chi connectivity index (χ3v) is 3.65. The van der Waals surface area contributed by atoms with E-state index in [2.05, 4.69) is 15.0 Å². The Morgan fingerprint density at radius 2 is 2.15 bits per heavy atom. The molecule has 0 radical (unpaired) electrons. The summed E-state index contributed by atoms with van der Waals surface area (Å²) in [7, 11) is 0. The highest BCUT2D eigenvalue weighted by molar-refractivity contribution is 5.85.